The minimum absolute atomic E-state index is 0.0184. The van der Waals surface area contributed by atoms with Crippen LogP contribution in [0.2, 0.25) is 0 Å². The number of para-hydroxylation sites is 1. The Morgan fingerprint density at radius 1 is 0.977 bits per heavy atom. The molecule has 3 heterocycles. The Kier molecular flexibility index (Phi) is 9.34. The molecular weight excluding hydrogens is 550 g/mol. The number of piperidine rings is 1. The van der Waals surface area contributed by atoms with E-state index in [1.165, 1.54) is 5.56 Å². The van der Waals surface area contributed by atoms with Gasteiger partial charge in [-0.25, -0.2) is 0 Å². The van der Waals surface area contributed by atoms with Crippen LogP contribution in [-0.2, 0) is 30.6 Å². The number of H-pyrrole nitrogens is 1. The molecule has 3 aromatic carbocycles. The molecule has 5 aromatic rings. The van der Waals surface area contributed by atoms with E-state index in [4.69, 9.17) is 20.7 Å². The molecule has 2 aromatic heterocycles. The Morgan fingerprint density at radius 2 is 1.73 bits per heavy atom. The number of fused-ring (bicyclic) bond motifs is 1. The van der Waals surface area contributed by atoms with E-state index in [1.807, 2.05) is 36.5 Å². The number of aromatic amines is 1. The van der Waals surface area contributed by atoms with E-state index in [-0.39, 0.29) is 18.0 Å². The highest BCUT2D eigenvalue weighted by Gasteiger charge is 2.26. The summed E-state index contributed by atoms with van der Waals surface area (Å²) in [5.41, 5.74) is 10.7. The number of ether oxygens (including phenoxy) is 1. The molecular formula is C35H41N7O2. The fraction of sp³-hybridized carbons (Fsp3) is 0.343. The molecule has 0 radical (unpaired) electrons. The van der Waals surface area contributed by atoms with Crippen molar-refractivity contribution in [2.45, 2.75) is 50.7 Å². The Morgan fingerprint density at radius 3 is 2.50 bits per heavy atom. The molecule has 9 heteroatoms. The monoisotopic (exact) mass is 591 g/mol. The Bertz CT molecular complexity index is 1650. The van der Waals surface area contributed by atoms with Gasteiger partial charge < -0.3 is 25.3 Å². The standard InChI is InChI=1S/C35H41N7O2/c1-44-29-14-11-26(12-15-29)23-42-33(16-13-25-7-3-2-4-8-25)39-40-35(42)32(21-27-22-37-31-10-6-5-9-30(27)31)38-34(43)24-41-19-17-28(36)18-20-41/h2-12,14-15,22,28,32,37H,13,16-21,23-24,36H2,1H3,(H,38,43)/t32-/m1/s1. The van der Waals surface area contributed by atoms with E-state index < -0.39 is 0 Å². The first kappa shape index (κ1) is 29.6. The number of carbonyl (C=O) groups excluding carboxylic acids is 1. The third-order valence-corrected chi connectivity index (χ3v) is 8.58. The smallest absolute Gasteiger partial charge is 0.234 e. The molecule has 1 fully saturated rings. The van der Waals surface area contributed by atoms with E-state index >= 15 is 0 Å². The van der Waals surface area contributed by atoms with Crippen molar-refractivity contribution in [3.05, 3.63) is 113 Å². The summed E-state index contributed by atoms with van der Waals surface area (Å²) in [4.78, 5) is 19.1. The fourth-order valence-electron chi connectivity index (χ4n) is 6.06. The molecule has 44 heavy (non-hydrogen) atoms. The van der Waals surface area contributed by atoms with Crippen LogP contribution >= 0.6 is 0 Å². The molecule has 1 atom stereocenters. The first-order valence-corrected chi connectivity index (χ1v) is 15.5. The summed E-state index contributed by atoms with van der Waals surface area (Å²) in [7, 11) is 1.67. The molecule has 1 saturated heterocycles. The lowest BCUT2D eigenvalue weighted by Gasteiger charge is -2.30. The van der Waals surface area contributed by atoms with Gasteiger partial charge in [-0.3, -0.25) is 9.69 Å². The van der Waals surface area contributed by atoms with Crippen molar-refractivity contribution in [1.82, 2.24) is 30.0 Å². The molecule has 0 unspecified atom stereocenters. The van der Waals surface area contributed by atoms with Crippen molar-refractivity contribution < 1.29 is 9.53 Å². The van der Waals surface area contributed by atoms with Crippen LogP contribution in [0.25, 0.3) is 10.9 Å². The summed E-state index contributed by atoms with van der Waals surface area (Å²) in [6.07, 6.45) is 6.02. The minimum Gasteiger partial charge on any atom is -0.497 e. The van der Waals surface area contributed by atoms with Crippen LogP contribution in [0.3, 0.4) is 0 Å². The maximum Gasteiger partial charge on any atom is 0.234 e. The van der Waals surface area contributed by atoms with Gasteiger partial charge in [-0.05, 0) is 54.2 Å². The number of nitrogens with zero attached hydrogens (tertiary/aromatic N) is 4. The topological polar surface area (TPSA) is 114 Å². The molecule has 9 nitrogen and oxygen atoms in total. The second-order valence-electron chi connectivity index (χ2n) is 11.7. The van der Waals surface area contributed by atoms with Crippen LogP contribution in [0, 0.1) is 0 Å². The lowest BCUT2D eigenvalue weighted by molar-refractivity contribution is -0.123. The maximum atomic E-state index is 13.6. The normalized spacial score (nSPS) is 15.0. The first-order valence-electron chi connectivity index (χ1n) is 15.5. The Hall–Kier alpha value is -4.47. The van der Waals surface area contributed by atoms with Crippen LogP contribution < -0.4 is 15.8 Å². The van der Waals surface area contributed by atoms with Gasteiger partial charge in [-0.1, -0.05) is 60.7 Å². The van der Waals surface area contributed by atoms with Gasteiger partial charge >= 0.3 is 0 Å². The van der Waals surface area contributed by atoms with Crippen LogP contribution in [0.15, 0.2) is 85.1 Å². The van der Waals surface area contributed by atoms with Crippen LogP contribution in [0.4, 0.5) is 0 Å². The zero-order valence-electron chi connectivity index (χ0n) is 25.3. The molecule has 1 aliphatic heterocycles. The number of likely N-dealkylation sites (tertiary alicyclic amines) is 1. The van der Waals surface area contributed by atoms with Gasteiger partial charge in [0.05, 0.1) is 26.2 Å². The average molecular weight is 592 g/mol. The lowest BCUT2D eigenvalue weighted by Crippen LogP contribution is -2.45. The number of hydrogen-bond acceptors (Lipinski definition) is 6. The van der Waals surface area contributed by atoms with Gasteiger partial charge in [-0.15, -0.1) is 10.2 Å². The molecule has 0 spiro atoms. The average Bonchev–Trinajstić information content (AvgIpc) is 3.65. The van der Waals surface area contributed by atoms with E-state index in [0.29, 0.717) is 19.5 Å². The quantitative estimate of drug-likeness (QED) is 0.198. The molecule has 0 bridgehead atoms. The number of nitrogens with two attached hydrogens (primary N) is 1. The summed E-state index contributed by atoms with van der Waals surface area (Å²) in [6.45, 7) is 2.59. The molecule has 6 rings (SSSR count). The summed E-state index contributed by atoms with van der Waals surface area (Å²) >= 11 is 0. The largest absolute Gasteiger partial charge is 0.497 e. The number of hydrogen-bond donors (Lipinski definition) is 3. The van der Waals surface area contributed by atoms with Crippen molar-refractivity contribution in [3.63, 3.8) is 0 Å². The Labute approximate surface area is 258 Å². The number of carbonyl (C=O) groups is 1. The molecule has 1 amide bonds. The molecule has 4 N–H and O–H groups in total. The number of benzene rings is 3. The van der Waals surface area contributed by atoms with Crippen molar-refractivity contribution in [2.24, 2.45) is 5.73 Å². The van der Waals surface area contributed by atoms with E-state index in [1.54, 1.807) is 7.11 Å². The van der Waals surface area contributed by atoms with Crippen molar-refractivity contribution in [3.8, 4) is 5.75 Å². The second-order valence-corrected chi connectivity index (χ2v) is 11.7. The van der Waals surface area contributed by atoms with Gasteiger partial charge in [0.25, 0.3) is 0 Å². The highest BCUT2D eigenvalue weighted by Crippen LogP contribution is 2.26. The minimum atomic E-state index is -0.370. The fourth-order valence-corrected chi connectivity index (χ4v) is 6.06. The van der Waals surface area contributed by atoms with E-state index in [0.717, 1.165) is 78.2 Å². The predicted octanol–water partition coefficient (Wildman–Crippen LogP) is 4.42. The van der Waals surface area contributed by atoms with Gasteiger partial charge in [-0.2, -0.15) is 0 Å². The number of amides is 1. The van der Waals surface area contributed by atoms with Crippen molar-refractivity contribution >= 4 is 16.8 Å². The summed E-state index contributed by atoms with van der Waals surface area (Å²) in [5.74, 6) is 2.44. The zero-order valence-corrected chi connectivity index (χ0v) is 25.3. The summed E-state index contributed by atoms with van der Waals surface area (Å²) < 4.78 is 7.58. The summed E-state index contributed by atoms with van der Waals surface area (Å²) in [5, 5.41) is 14.0. The van der Waals surface area contributed by atoms with Gasteiger partial charge in [0.15, 0.2) is 5.82 Å². The molecule has 0 aliphatic carbocycles. The van der Waals surface area contributed by atoms with Crippen LogP contribution in [0.5, 0.6) is 5.75 Å². The SMILES string of the molecule is COc1ccc(Cn2c(CCc3ccccc3)nnc2[C@@H](Cc2c[nH]c3ccccc23)NC(=O)CN2CCC(N)CC2)cc1. The zero-order chi connectivity index (χ0) is 30.3. The van der Waals surface area contributed by atoms with Crippen molar-refractivity contribution in [1.29, 1.82) is 0 Å². The molecule has 1 aliphatic rings. The van der Waals surface area contributed by atoms with Crippen LogP contribution in [0.1, 0.15) is 47.2 Å². The lowest BCUT2D eigenvalue weighted by atomic mass is 10.0. The van der Waals surface area contributed by atoms with Crippen molar-refractivity contribution in [2.75, 3.05) is 26.7 Å². The number of nitrogens with one attached hydrogen (secondary N) is 2. The predicted molar refractivity (Wildman–Crippen MR) is 173 cm³/mol. The van der Waals surface area contributed by atoms with Gasteiger partial charge in [0.1, 0.15) is 11.6 Å². The number of aromatic nitrogens is 4. The van der Waals surface area contributed by atoms with Crippen LogP contribution in [-0.4, -0.2) is 63.3 Å². The maximum absolute atomic E-state index is 13.6. The second kappa shape index (κ2) is 13.9. The van der Waals surface area contributed by atoms with Gasteiger partial charge in [0, 0.05) is 49.1 Å². The Balaban J connectivity index is 1.32. The van der Waals surface area contributed by atoms with E-state index in [2.05, 4.69) is 68.3 Å². The third kappa shape index (κ3) is 7.18. The number of aryl methyl sites for hydroxylation is 2. The summed E-state index contributed by atoms with van der Waals surface area (Å²) in [6, 6.07) is 26.6. The third-order valence-electron chi connectivity index (χ3n) is 8.58. The number of rotatable bonds is 12. The first-order chi connectivity index (χ1) is 21.6. The van der Waals surface area contributed by atoms with Gasteiger partial charge in [0.2, 0.25) is 5.91 Å². The highest BCUT2D eigenvalue weighted by molar-refractivity contribution is 5.83. The highest BCUT2D eigenvalue weighted by atomic mass is 16.5. The number of methoxy groups -OCH3 is 1. The molecule has 228 valence electrons. The van der Waals surface area contributed by atoms with E-state index in [9.17, 15) is 4.79 Å². The molecule has 0 saturated carbocycles.